The number of aliphatic hydroxyl groups excluding tert-OH is 1. The van der Waals surface area contributed by atoms with Gasteiger partial charge in [-0.05, 0) is 29.2 Å². The summed E-state index contributed by atoms with van der Waals surface area (Å²) in [7, 11) is 0. The number of carbonyl (C=O) groups excluding carboxylic acids is 2. The van der Waals surface area contributed by atoms with Crippen LogP contribution in [0.15, 0.2) is 48.5 Å². The molecule has 4 N–H and O–H groups in total. The molecule has 8 nitrogen and oxygen atoms in total. The largest absolute Gasteiger partial charge is 0.480 e. The molecule has 1 unspecified atom stereocenters. The van der Waals surface area contributed by atoms with E-state index in [9.17, 15) is 24.6 Å². The van der Waals surface area contributed by atoms with Crippen molar-refractivity contribution < 1.29 is 29.3 Å². The van der Waals surface area contributed by atoms with Crippen molar-refractivity contribution in [3.63, 3.8) is 0 Å². The molecule has 0 fully saturated rings. The number of benzene rings is 2. The fourth-order valence-corrected chi connectivity index (χ4v) is 4.84. The monoisotopic (exact) mass is 500 g/mol. The molecule has 3 rings (SSSR count). The average Bonchev–Trinajstić information content (AvgIpc) is 3.11. The summed E-state index contributed by atoms with van der Waals surface area (Å²) in [6, 6.07) is 13.4. The second-order valence-electron chi connectivity index (χ2n) is 9.51. The predicted octanol–water partition coefficient (Wildman–Crippen LogP) is 3.38. The smallest absolute Gasteiger partial charge is 0.407 e. The molecule has 188 valence electrons. The first-order chi connectivity index (χ1) is 16.5. The lowest BCUT2D eigenvalue weighted by molar-refractivity contribution is -0.145. The Balaban J connectivity index is 1.69. The van der Waals surface area contributed by atoms with Crippen molar-refractivity contribution in [2.75, 3.05) is 12.4 Å². The normalized spacial score (nSPS) is 15.3. The molecule has 35 heavy (non-hydrogen) atoms. The quantitative estimate of drug-likeness (QED) is 0.416. The van der Waals surface area contributed by atoms with Gasteiger partial charge in [-0.1, -0.05) is 69.3 Å². The molecule has 2 aromatic carbocycles. The van der Waals surface area contributed by atoms with E-state index in [2.05, 4.69) is 10.6 Å². The summed E-state index contributed by atoms with van der Waals surface area (Å²) >= 11 is 1.44. The number of carbonyl (C=O) groups is 3. The highest BCUT2D eigenvalue weighted by Gasteiger charge is 2.32. The average molecular weight is 501 g/mol. The van der Waals surface area contributed by atoms with Gasteiger partial charge in [0.15, 0.2) is 6.04 Å². The van der Waals surface area contributed by atoms with Crippen LogP contribution in [0.3, 0.4) is 0 Å². The van der Waals surface area contributed by atoms with E-state index in [0.717, 1.165) is 22.3 Å². The first-order valence-electron chi connectivity index (χ1n) is 11.4. The van der Waals surface area contributed by atoms with E-state index < -0.39 is 36.2 Å². The third-order valence-corrected chi connectivity index (χ3v) is 7.05. The summed E-state index contributed by atoms with van der Waals surface area (Å²) in [6.45, 7) is 7.27. The molecule has 1 aliphatic carbocycles. The first kappa shape index (κ1) is 26.6. The van der Waals surface area contributed by atoms with Gasteiger partial charge in [-0.3, -0.25) is 4.79 Å². The molecule has 0 saturated heterocycles. The lowest BCUT2D eigenvalue weighted by Gasteiger charge is -2.25. The Morgan fingerprint density at radius 3 is 2.03 bits per heavy atom. The zero-order chi connectivity index (χ0) is 25.8. The zero-order valence-electron chi connectivity index (χ0n) is 20.3. The number of thioether (sulfide) groups is 1. The van der Waals surface area contributed by atoms with Gasteiger partial charge in [-0.2, -0.15) is 11.8 Å². The Bertz CT molecular complexity index is 1040. The molecular weight excluding hydrogens is 468 g/mol. The SMILES string of the molecule is CC(O)[C@H](NC(=O)[C@H](CSC(C)(C)C)NC(=O)OCC1c2ccccc2-c2ccccc21)C(=O)O. The van der Waals surface area contributed by atoms with E-state index in [0.29, 0.717) is 0 Å². The molecule has 0 saturated carbocycles. The van der Waals surface area contributed by atoms with Crippen LogP contribution in [0, 0.1) is 0 Å². The van der Waals surface area contributed by atoms with Crippen LogP contribution in [0.1, 0.15) is 44.7 Å². The van der Waals surface area contributed by atoms with Crippen LogP contribution in [0.25, 0.3) is 11.1 Å². The summed E-state index contributed by atoms with van der Waals surface area (Å²) in [4.78, 5) is 37.0. The molecule has 1 aliphatic rings. The number of aliphatic carboxylic acids is 1. The Labute approximate surface area is 209 Å². The molecule has 2 amide bonds. The Morgan fingerprint density at radius 1 is 1.00 bits per heavy atom. The molecule has 3 atom stereocenters. The standard InChI is InChI=1S/C26H32N2O6S/c1-15(29)22(24(31)32)28-23(30)21(14-35-26(2,3)4)27-25(33)34-13-20-18-11-7-5-9-16(18)17-10-6-8-12-19(17)20/h5-12,15,20-22,29H,13-14H2,1-4H3,(H,27,33)(H,28,30)(H,31,32)/t15?,21-,22-/m0/s1. The van der Waals surface area contributed by atoms with Crippen LogP contribution in [0.4, 0.5) is 4.79 Å². The highest BCUT2D eigenvalue weighted by atomic mass is 32.2. The number of rotatable bonds is 9. The van der Waals surface area contributed by atoms with Crippen molar-refractivity contribution in [2.24, 2.45) is 0 Å². The van der Waals surface area contributed by atoms with Gasteiger partial charge in [-0.15, -0.1) is 0 Å². The summed E-state index contributed by atoms with van der Waals surface area (Å²) in [5.74, 6) is -2.00. The van der Waals surface area contributed by atoms with Gasteiger partial charge < -0.3 is 25.6 Å². The molecule has 2 aromatic rings. The van der Waals surface area contributed by atoms with Gasteiger partial charge in [0.2, 0.25) is 5.91 Å². The number of hydrogen-bond donors (Lipinski definition) is 4. The fraction of sp³-hybridized carbons (Fsp3) is 0.423. The highest BCUT2D eigenvalue weighted by molar-refractivity contribution is 8.00. The second-order valence-corrected chi connectivity index (χ2v) is 11.4. The Hall–Kier alpha value is -3.04. The van der Waals surface area contributed by atoms with Gasteiger partial charge in [0.1, 0.15) is 12.6 Å². The summed E-state index contributed by atoms with van der Waals surface area (Å²) < 4.78 is 5.35. The summed E-state index contributed by atoms with van der Waals surface area (Å²) in [5.41, 5.74) is 4.35. The molecule has 0 aliphatic heterocycles. The number of nitrogens with one attached hydrogen (secondary N) is 2. The van der Waals surface area contributed by atoms with E-state index >= 15 is 0 Å². The van der Waals surface area contributed by atoms with Gasteiger partial charge >= 0.3 is 12.1 Å². The number of alkyl carbamates (subject to hydrolysis) is 1. The number of ether oxygens (including phenoxy) is 1. The molecule has 0 spiro atoms. The van der Waals surface area contributed by atoms with E-state index in [4.69, 9.17) is 4.74 Å². The van der Waals surface area contributed by atoms with Crippen molar-refractivity contribution in [3.8, 4) is 11.1 Å². The second kappa shape index (κ2) is 11.1. The maximum atomic E-state index is 12.8. The molecular formula is C26H32N2O6S. The number of carboxylic acid groups (broad SMARTS) is 1. The third-order valence-electron chi connectivity index (χ3n) is 5.68. The van der Waals surface area contributed by atoms with Crippen LogP contribution in [-0.4, -0.2) is 63.5 Å². The number of hydrogen-bond acceptors (Lipinski definition) is 6. The number of aliphatic hydroxyl groups is 1. The van der Waals surface area contributed by atoms with E-state index in [-0.39, 0.29) is 23.0 Å². The van der Waals surface area contributed by atoms with Gasteiger partial charge in [0.05, 0.1) is 6.10 Å². The van der Waals surface area contributed by atoms with Gasteiger partial charge in [0, 0.05) is 16.4 Å². The maximum absolute atomic E-state index is 12.8. The summed E-state index contributed by atoms with van der Waals surface area (Å²) in [5, 5.41) is 23.9. The van der Waals surface area contributed by atoms with E-state index in [1.54, 1.807) is 0 Å². The van der Waals surface area contributed by atoms with Crippen LogP contribution >= 0.6 is 11.8 Å². The lowest BCUT2D eigenvalue weighted by atomic mass is 9.98. The lowest BCUT2D eigenvalue weighted by Crippen LogP contribution is -2.55. The van der Waals surface area contributed by atoms with Crippen LogP contribution in [0.5, 0.6) is 0 Å². The fourth-order valence-electron chi connectivity index (χ4n) is 3.94. The number of fused-ring (bicyclic) bond motifs is 3. The van der Waals surface area contributed by atoms with Crippen molar-refractivity contribution in [2.45, 2.75) is 56.5 Å². The van der Waals surface area contributed by atoms with Crippen molar-refractivity contribution >= 4 is 29.7 Å². The molecule has 0 radical (unpaired) electrons. The molecule has 0 heterocycles. The molecule has 0 bridgehead atoms. The molecule has 9 heteroatoms. The number of carboxylic acids is 1. The Morgan fingerprint density at radius 2 is 1.54 bits per heavy atom. The highest BCUT2D eigenvalue weighted by Crippen LogP contribution is 2.44. The van der Waals surface area contributed by atoms with E-state index in [1.165, 1.54) is 18.7 Å². The van der Waals surface area contributed by atoms with Crippen LogP contribution in [0.2, 0.25) is 0 Å². The molecule has 0 aromatic heterocycles. The predicted molar refractivity (Wildman–Crippen MR) is 135 cm³/mol. The van der Waals surface area contributed by atoms with Crippen molar-refractivity contribution in [1.29, 1.82) is 0 Å². The maximum Gasteiger partial charge on any atom is 0.407 e. The topological polar surface area (TPSA) is 125 Å². The zero-order valence-corrected chi connectivity index (χ0v) is 21.1. The first-order valence-corrected chi connectivity index (χ1v) is 12.4. The summed E-state index contributed by atoms with van der Waals surface area (Å²) in [6.07, 6.45) is -2.08. The van der Waals surface area contributed by atoms with Gasteiger partial charge in [0.25, 0.3) is 0 Å². The number of amides is 2. The van der Waals surface area contributed by atoms with Crippen molar-refractivity contribution in [3.05, 3.63) is 59.7 Å². The minimum Gasteiger partial charge on any atom is -0.480 e. The van der Waals surface area contributed by atoms with Crippen LogP contribution in [-0.2, 0) is 14.3 Å². The van der Waals surface area contributed by atoms with Crippen molar-refractivity contribution in [1.82, 2.24) is 10.6 Å². The van der Waals surface area contributed by atoms with Gasteiger partial charge in [-0.25, -0.2) is 9.59 Å². The van der Waals surface area contributed by atoms with E-state index in [1.807, 2.05) is 69.3 Å². The minimum absolute atomic E-state index is 0.0893. The Kier molecular flexibility index (Phi) is 8.45. The van der Waals surface area contributed by atoms with Crippen LogP contribution < -0.4 is 10.6 Å². The minimum atomic E-state index is -1.49. The third kappa shape index (κ3) is 6.76.